The average molecular weight is 383 g/mol. The summed E-state index contributed by atoms with van der Waals surface area (Å²) < 4.78 is 2.95. The van der Waals surface area contributed by atoms with Crippen molar-refractivity contribution in [2.45, 2.75) is 13.8 Å². The molecule has 2 aromatic rings. The third-order valence-corrected chi connectivity index (χ3v) is 7.15. The number of H-pyrrole nitrogens is 1. The molecule has 1 aromatic heterocycles. The van der Waals surface area contributed by atoms with Gasteiger partial charge in [-0.1, -0.05) is 0 Å². The van der Waals surface area contributed by atoms with E-state index in [1.807, 2.05) is 0 Å². The average Bonchev–Trinajstić information content (AvgIpc) is 2.87. The summed E-state index contributed by atoms with van der Waals surface area (Å²) in [4.78, 5) is 3.62. The van der Waals surface area contributed by atoms with Crippen molar-refractivity contribution in [2.75, 3.05) is 0 Å². The normalized spacial score (nSPS) is 12.7. The van der Waals surface area contributed by atoms with Gasteiger partial charge in [-0.3, -0.25) is 0 Å². The van der Waals surface area contributed by atoms with E-state index in [9.17, 15) is 0 Å². The molecule has 20 heavy (non-hydrogen) atoms. The van der Waals surface area contributed by atoms with Crippen LogP contribution in [0, 0.1) is 13.8 Å². The Balaban J connectivity index is 0.000001000. The van der Waals surface area contributed by atoms with Crippen LogP contribution in [0.25, 0.3) is 10.9 Å². The summed E-state index contributed by atoms with van der Waals surface area (Å²) in [5, 5.41) is 1.41. The van der Waals surface area contributed by atoms with Crippen LogP contribution in [-0.2, 0) is 23.2 Å². The van der Waals surface area contributed by atoms with E-state index in [2.05, 4.69) is 61.8 Å². The minimum absolute atomic E-state index is 0. The molecule has 0 saturated carbocycles. The Bertz CT molecular complexity index is 711. The summed E-state index contributed by atoms with van der Waals surface area (Å²) in [6, 6.07) is 6.49. The number of aromatic amines is 1. The molecule has 3 rings (SSSR count). The van der Waals surface area contributed by atoms with Gasteiger partial charge in [-0.05, 0) is 0 Å². The van der Waals surface area contributed by atoms with Crippen molar-refractivity contribution in [3.63, 3.8) is 0 Å². The summed E-state index contributed by atoms with van der Waals surface area (Å²) in [6.07, 6.45) is 6.45. The maximum atomic E-state index is 4.11. The molecule has 1 aromatic carbocycles. The number of fused-ring (bicyclic) bond motifs is 1. The second-order valence-electron chi connectivity index (χ2n) is 4.71. The molecule has 0 spiro atoms. The minimum Gasteiger partial charge on any atom is -1.00 e. The molecule has 0 amide bonds. The van der Waals surface area contributed by atoms with Gasteiger partial charge in [-0.25, -0.2) is 0 Å². The molecule has 0 unspecified atom stereocenters. The molecule has 4 heteroatoms. The Morgan fingerprint density at radius 3 is 2.50 bits per heavy atom. The van der Waals surface area contributed by atoms with Crippen molar-refractivity contribution in [1.82, 2.24) is 4.98 Å². The number of hydrogen-bond acceptors (Lipinski definition) is 0. The second-order valence-corrected chi connectivity index (χ2v) is 7.88. The first-order valence-corrected chi connectivity index (χ1v) is 8.55. The summed E-state index contributed by atoms with van der Waals surface area (Å²) in [5.41, 5.74) is 5.29. The van der Waals surface area contributed by atoms with Crippen molar-refractivity contribution < 1.29 is 48.0 Å². The second kappa shape index (κ2) is 6.94. The van der Waals surface area contributed by atoms with Crippen molar-refractivity contribution in [3.8, 4) is 0 Å². The molecule has 1 N–H and O–H groups in total. The number of benzene rings is 1. The van der Waals surface area contributed by atoms with Crippen LogP contribution in [-0.4, -0.2) is 4.98 Å². The van der Waals surface area contributed by atoms with E-state index in [0.717, 1.165) is 0 Å². The molecule has 0 radical (unpaired) electrons. The summed E-state index contributed by atoms with van der Waals surface area (Å²) >= 11 is -0.752. The topological polar surface area (TPSA) is 15.8 Å². The van der Waals surface area contributed by atoms with E-state index in [4.69, 9.17) is 0 Å². The van der Waals surface area contributed by atoms with Crippen LogP contribution in [0.1, 0.15) is 11.1 Å². The monoisotopic (exact) mass is 381 g/mol. The third-order valence-electron chi connectivity index (χ3n) is 3.45. The third kappa shape index (κ3) is 3.03. The SMILES string of the molecule is C=C1C=CC=[C]1[Zr+2][c]1[nH]c2cccc(C)c2c1C.[Cl-].[Cl-]. The Hall–Kier alpha value is -0.557. The van der Waals surface area contributed by atoms with Gasteiger partial charge in [0.2, 0.25) is 0 Å². The minimum atomic E-state index is -0.752. The zero-order valence-electron chi connectivity index (χ0n) is 11.4. The smallest absolute Gasteiger partial charge is 1.00 e. The summed E-state index contributed by atoms with van der Waals surface area (Å²) in [6.45, 7) is 8.54. The van der Waals surface area contributed by atoms with Crippen molar-refractivity contribution in [1.29, 1.82) is 0 Å². The Morgan fingerprint density at radius 1 is 1.15 bits per heavy atom. The number of aryl methyl sites for hydroxylation is 2. The fourth-order valence-electron chi connectivity index (χ4n) is 2.46. The van der Waals surface area contributed by atoms with Gasteiger partial charge >= 0.3 is 119 Å². The maximum absolute atomic E-state index is 4.11. The van der Waals surface area contributed by atoms with Gasteiger partial charge in [-0.2, -0.15) is 0 Å². The molecular weight excluding hydrogens is 368 g/mol. The Morgan fingerprint density at radius 2 is 1.90 bits per heavy atom. The Labute approximate surface area is 143 Å². The van der Waals surface area contributed by atoms with Crippen LogP contribution in [0.15, 0.2) is 51.9 Å². The molecule has 0 atom stereocenters. The summed E-state index contributed by atoms with van der Waals surface area (Å²) in [5.74, 6) is 0. The van der Waals surface area contributed by atoms with Gasteiger partial charge in [0.25, 0.3) is 0 Å². The predicted molar refractivity (Wildman–Crippen MR) is 73.8 cm³/mol. The largest absolute Gasteiger partial charge is 1.00 e. The standard InChI is InChI=1S/C10H10N.C6H5.2ClH.Zr/c1-7-4-3-5-9-10(7)8(2)6-11-9;1-6-4-2-3-5-6;;;/h3-5,11H,1-2H3;2-4H,1H2;2*1H;/q;;;;+2/p-2. The van der Waals surface area contributed by atoms with Crippen LogP contribution in [0.2, 0.25) is 0 Å². The zero-order valence-corrected chi connectivity index (χ0v) is 15.4. The molecule has 1 aliphatic rings. The van der Waals surface area contributed by atoms with E-state index in [0.29, 0.717) is 0 Å². The van der Waals surface area contributed by atoms with Gasteiger partial charge in [0.1, 0.15) is 0 Å². The molecule has 0 fully saturated rings. The van der Waals surface area contributed by atoms with Crippen molar-refractivity contribution in [3.05, 3.63) is 63.0 Å². The van der Waals surface area contributed by atoms with E-state index in [-0.39, 0.29) is 24.8 Å². The van der Waals surface area contributed by atoms with Crippen LogP contribution < -0.4 is 28.2 Å². The van der Waals surface area contributed by atoms with Crippen LogP contribution >= 0.6 is 0 Å². The molecule has 1 heterocycles. The molecule has 0 bridgehead atoms. The summed E-state index contributed by atoms with van der Waals surface area (Å²) in [7, 11) is 0. The number of aromatic nitrogens is 1. The fourth-order valence-corrected chi connectivity index (χ4v) is 5.42. The van der Waals surface area contributed by atoms with Crippen molar-refractivity contribution >= 4 is 14.3 Å². The first-order chi connectivity index (χ1) is 8.66. The van der Waals surface area contributed by atoms with Gasteiger partial charge in [0.05, 0.1) is 0 Å². The first kappa shape index (κ1) is 17.5. The van der Waals surface area contributed by atoms with Gasteiger partial charge < -0.3 is 24.8 Å². The van der Waals surface area contributed by atoms with Gasteiger partial charge in [0.15, 0.2) is 0 Å². The van der Waals surface area contributed by atoms with Crippen LogP contribution in [0.5, 0.6) is 0 Å². The van der Waals surface area contributed by atoms with Crippen LogP contribution in [0.3, 0.4) is 0 Å². The van der Waals surface area contributed by atoms with E-state index < -0.39 is 23.2 Å². The number of nitrogens with one attached hydrogen (secondary N) is 1. The molecule has 102 valence electrons. The number of halogens is 2. The van der Waals surface area contributed by atoms with E-state index in [1.165, 1.54) is 34.3 Å². The molecule has 0 aliphatic heterocycles. The van der Waals surface area contributed by atoms with E-state index >= 15 is 0 Å². The molecule has 1 aliphatic carbocycles. The molecule has 0 saturated heterocycles. The Kier molecular flexibility index (Phi) is 6.07. The molecule has 1 nitrogen and oxygen atoms in total. The zero-order chi connectivity index (χ0) is 12.7. The van der Waals surface area contributed by atoms with Gasteiger partial charge in [-0.15, -0.1) is 0 Å². The number of rotatable bonds is 2. The molecular formula is C16H15Cl2NZr. The quantitative estimate of drug-likeness (QED) is 0.591. The van der Waals surface area contributed by atoms with Crippen molar-refractivity contribution in [2.24, 2.45) is 0 Å². The van der Waals surface area contributed by atoms with E-state index in [1.54, 1.807) is 0 Å². The maximum Gasteiger partial charge on any atom is -1.00 e. The first-order valence-electron chi connectivity index (χ1n) is 6.09. The number of hydrogen-bond donors (Lipinski definition) is 1. The number of allylic oxidation sites excluding steroid dienone is 5. The van der Waals surface area contributed by atoms with Gasteiger partial charge in [0, 0.05) is 0 Å². The van der Waals surface area contributed by atoms with Crippen LogP contribution in [0.4, 0.5) is 0 Å². The predicted octanol–water partition coefficient (Wildman–Crippen LogP) is -2.49. The fraction of sp³-hybridized carbons (Fsp3) is 0.125.